The van der Waals surface area contributed by atoms with Gasteiger partial charge >= 0.3 is 0 Å². The monoisotopic (exact) mass is 176 g/mol. The molecule has 0 spiro atoms. The zero-order chi connectivity index (χ0) is 9.68. The molecule has 1 atom stereocenters. The van der Waals surface area contributed by atoms with E-state index in [0.717, 1.165) is 18.4 Å². The number of aromatic nitrogens is 1. The zero-order valence-corrected chi connectivity index (χ0v) is 8.03. The van der Waals surface area contributed by atoms with Crippen LogP contribution < -0.4 is 5.73 Å². The van der Waals surface area contributed by atoms with Gasteiger partial charge in [-0.25, -0.2) is 0 Å². The summed E-state index contributed by atoms with van der Waals surface area (Å²) in [5, 5.41) is 0. The van der Waals surface area contributed by atoms with Crippen LogP contribution in [0.5, 0.6) is 0 Å². The SMILES string of the molecule is C=CC[C@H](N)c1cnccc1CC. The van der Waals surface area contributed by atoms with Crippen LogP contribution in [0, 0.1) is 0 Å². The van der Waals surface area contributed by atoms with Crippen LogP contribution in [0.2, 0.25) is 0 Å². The first-order chi connectivity index (χ1) is 6.29. The predicted molar refractivity (Wildman–Crippen MR) is 55.4 cm³/mol. The second-order valence-corrected chi connectivity index (χ2v) is 3.06. The second-order valence-electron chi connectivity index (χ2n) is 3.06. The molecule has 0 saturated heterocycles. The topological polar surface area (TPSA) is 38.9 Å². The van der Waals surface area contributed by atoms with E-state index in [0.29, 0.717) is 0 Å². The smallest absolute Gasteiger partial charge is 0.0347 e. The maximum atomic E-state index is 5.97. The van der Waals surface area contributed by atoms with Crippen molar-refractivity contribution in [1.29, 1.82) is 0 Å². The summed E-state index contributed by atoms with van der Waals surface area (Å²) in [6.07, 6.45) is 7.31. The van der Waals surface area contributed by atoms with E-state index in [1.807, 2.05) is 24.5 Å². The molecule has 0 radical (unpaired) electrons. The van der Waals surface area contributed by atoms with E-state index < -0.39 is 0 Å². The highest BCUT2D eigenvalue weighted by Gasteiger charge is 2.07. The number of rotatable bonds is 4. The van der Waals surface area contributed by atoms with Crippen LogP contribution in [-0.4, -0.2) is 4.98 Å². The summed E-state index contributed by atoms with van der Waals surface area (Å²) in [5.74, 6) is 0. The number of hydrogen-bond donors (Lipinski definition) is 1. The first-order valence-electron chi connectivity index (χ1n) is 4.58. The number of pyridine rings is 1. The third-order valence-corrected chi connectivity index (χ3v) is 2.15. The number of aryl methyl sites for hydroxylation is 1. The lowest BCUT2D eigenvalue weighted by molar-refractivity contribution is 0.725. The minimum atomic E-state index is 0.0427. The van der Waals surface area contributed by atoms with Gasteiger partial charge in [0.1, 0.15) is 0 Å². The molecule has 70 valence electrons. The van der Waals surface area contributed by atoms with Crippen LogP contribution in [0.4, 0.5) is 0 Å². The highest BCUT2D eigenvalue weighted by atomic mass is 14.7. The highest BCUT2D eigenvalue weighted by molar-refractivity contribution is 5.26. The van der Waals surface area contributed by atoms with Gasteiger partial charge < -0.3 is 5.73 Å². The number of nitrogens with two attached hydrogens (primary N) is 1. The summed E-state index contributed by atoms with van der Waals surface area (Å²) in [7, 11) is 0. The van der Waals surface area contributed by atoms with Gasteiger partial charge in [0.2, 0.25) is 0 Å². The van der Waals surface area contributed by atoms with E-state index in [4.69, 9.17) is 5.73 Å². The maximum absolute atomic E-state index is 5.97. The standard InChI is InChI=1S/C11H16N2/c1-3-5-11(12)10-8-13-7-6-9(10)4-2/h3,6-8,11H,1,4-5,12H2,2H3/t11-/m0/s1. The van der Waals surface area contributed by atoms with Crippen LogP contribution in [0.1, 0.15) is 30.5 Å². The van der Waals surface area contributed by atoms with E-state index in [1.165, 1.54) is 5.56 Å². The Morgan fingerprint density at radius 3 is 3.08 bits per heavy atom. The fraction of sp³-hybridized carbons (Fsp3) is 0.364. The Morgan fingerprint density at radius 2 is 2.46 bits per heavy atom. The summed E-state index contributed by atoms with van der Waals surface area (Å²) >= 11 is 0. The average Bonchev–Trinajstić information content (AvgIpc) is 2.18. The molecule has 0 aliphatic rings. The van der Waals surface area contributed by atoms with Crippen LogP contribution in [-0.2, 0) is 6.42 Å². The molecule has 0 saturated carbocycles. The molecule has 1 aromatic heterocycles. The van der Waals surface area contributed by atoms with Crippen molar-refractivity contribution in [2.45, 2.75) is 25.8 Å². The quantitative estimate of drug-likeness (QED) is 0.714. The van der Waals surface area contributed by atoms with Gasteiger partial charge in [-0.15, -0.1) is 6.58 Å². The summed E-state index contributed by atoms with van der Waals surface area (Å²) in [4.78, 5) is 4.08. The summed E-state index contributed by atoms with van der Waals surface area (Å²) in [6.45, 7) is 5.81. The molecule has 1 heterocycles. The molecule has 2 nitrogen and oxygen atoms in total. The third kappa shape index (κ3) is 2.39. The van der Waals surface area contributed by atoms with Crippen molar-refractivity contribution in [2.75, 3.05) is 0 Å². The molecule has 1 aromatic rings. The molecule has 0 amide bonds. The second kappa shape index (κ2) is 4.77. The van der Waals surface area contributed by atoms with Crippen molar-refractivity contribution in [3.8, 4) is 0 Å². The van der Waals surface area contributed by atoms with Crippen LogP contribution >= 0.6 is 0 Å². The number of hydrogen-bond acceptors (Lipinski definition) is 2. The average molecular weight is 176 g/mol. The molecule has 13 heavy (non-hydrogen) atoms. The molecular formula is C11H16N2. The van der Waals surface area contributed by atoms with Gasteiger partial charge in [-0.05, 0) is 30.0 Å². The van der Waals surface area contributed by atoms with Gasteiger partial charge in [0.05, 0.1) is 0 Å². The van der Waals surface area contributed by atoms with Crippen molar-refractivity contribution < 1.29 is 0 Å². The van der Waals surface area contributed by atoms with Crippen molar-refractivity contribution in [2.24, 2.45) is 5.73 Å². The van der Waals surface area contributed by atoms with E-state index in [1.54, 1.807) is 0 Å². The molecule has 2 heteroatoms. The molecule has 0 fully saturated rings. The maximum Gasteiger partial charge on any atom is 0.0347 e. The van der Waals surface area contributed by atoms with Gasteiger partial charge in [0, 0.05) is 18.4 Å². The lowest BCUT2D eigenvalue weighted by Gasteiger charge is -2.12. The Hall–Kier alpha value is -1.15. The largest absolute Gasteiger partial charge is 0.324 e. The lowest BCUT2D eigenvalue weighted by Crippen LogP contribution is -2.11. The Bertz CT molecular complexity index is 281. The zero-order valence-electron chi connectivity index (χ0n) is 8.03. The summed E-state index contributed by atoms with van der Waals surface area (Å²) in [6, 6.07) is 2.07. The van der Waals surface area contributed by atoms with E-state index in [2.05, 4.69) is 18.5 Å². The highest BCUT2D eigenvalue weighted by Crippen LogP contribution is 2.18. The fourth-order valence-electron chi connectivity index (χ4n) is 1.40. The Kier molecular flexibility index (Phi) is 3.65. The molecule has 0 unspecified atom stereocenters. The molecule has 0 aromatic carbocycles. The van der Waals surface area contributed by atoms with Crippen molar-refractivity contribution in [3.63, 3.8) is 0 Å². The van der Waals surface area contributed by atoms with E-state index in [-0.39, 0.29) is 6.04 Å². The molecular weight excluding hydrogens is 160 g/mol. The van der Waals surface area contributed by atoms with E-state index >= 15 is 0 Å². The predicted octanol–water partition coefficient (Wildman–Crippen LogP) is 2.22. The van der Waals surface area contributed by atoms with Gasteiger partial charge in [-0.2, -0.15) is 0 Å². The third-order valence-electron chi connectivity index (χ3n) is 2.15. The van der Waals surface area contributed by atoms with Gasteiger partial charge in [0.15, 0.2) is 0 Å². The Labute approximate surface area is 79.5 Å². The van der Waals surface area contributed by atoms with E-state index in [9.17, 15) is 0 Å². The van der Waals surface area contributed by atoms with Gasteiger partial charge in [-0.1, -0.05) is 13.0 Å². The first kappa shape index (κ1) is 9.93. The molecule has 0 bridgehead atoms. The van der Waals surface area contributed by atoms with Crippen LogP contribution in [0.25, 0.3) is 0 Å². The summed E-state index contributed by atoms with van der Waals surface area (Å²) in [5.41, 5.74) is 8.40. The molecule has 2 N–H and O–H groups in total. The minimum Gasteiger partial charge on any atom is -0.324 e. The fourth-order valence-corrected chi connectivity index (χ4v) is 1.40. The first-order valence-corrected chi connectivity index (χ1v) is 4.58. The molecule has 0 aliphatic heterocycles. The van der Waals surface area contributed by atoms with Crippen molar-refractivity contribution in [1.82, 2.24) is 4.98 Å². The molecule has 1 rings (SSSR count). The molecule has 0 aliphatic carbocycles. The Balaban J connectivity index is 2.91. The normalized spacial score (nSPS) is 12.5. The van der Waals surface area contributed by atoms with Crippen molar-refractivity contribution >= 4 is 0 Å². The summed E-state index contributed by atoms with van der Waals surface area (Å²) < 4.78 is 0. The Morgan fingerprint density at radius 1 is 1.69 bits per heavy atom. The van der Waals surface area contributed by atoms with Crippen LogP contribution in [0.15, 0.2) is 31.1 Å². The van der Waals surface area contributed by atoms with Crippen molar-refractivity contribution in [3.05, 3.63) is 42.2 Å². The van der Waals surface area contributed by atoms with Gasteiger partial charge in [-0.3, -0.25) is 4.98 Å². The number of nitrogens with zero attached hydrogens (tertiary/aromatic N) is 1. The lowest BCUT2D eigenvalue weighted by atomic mass is 10.00. The minimum absolute atomic E-state index is 0.0427. The van der Waals surface area contributed by atoms with Crippen LogP contribution in [0.3, 0.4) is 0 Å². The van der Waals surface area contributed by atoms with Gasteiger partial charge in [0.25, 0.3) is 0 Å².